The van der Waals surface area contributed by atoms with Crippen molar-refractivity contribution >= 4 is 11.9 Å². The Balaban J connectivity index is 2.61. The molecule has 0 unspecified atom stereocenters. The molecule has 2 atom stereocenters. The van der Waals surface area contributed by atoms with Gasteiger partial charge in [0.15, 0.2) is 0 Å². The number of hydrogen-bond donors (Lipinski definition) is 1. The van der Waals surface area contributed by atoms with E-state index in [4.69, 9.17) is 9.84 Å². The molecule has 0 bridgehead atoms. The van der Waals surface area contributed by atoms with Crippen LogP contribution in [0.3, 0.4) is 0 Å². The maximum absolute atomic E-state index is 12.0. The molecule has 0 aromatic heterocycles. The molecule has 98 valence electrons. The third-order valence-corrected chi connectivity index (χ3v) is 2.94. The van der Waals surface area contributed by atoms with Crippen molar-refractivity contribution in [2.24, 2.45) is 5.41 Å². The zero-order valence-electron chi connectivity index (χ0n) is 10.9. The highest BCUT2D eigenvalue weighted by atomic mass is 16.5. The first-order chi connectivity index (χ1) is 7.72. The van der Waals surface area contributed by atoms with Gasteiger partial charge < -0.3 is 14.7 Å². The molecule has 1 saturated heterocycles. The molecule has 1 N–H and O–H groups in total. The molecule has 1 aliphatic heterocycles. The van der Waals surface area contributed by atoms with E-state index in [0.29, 0.717) is 13.1 Å². The van der Waals surface area contributed by atoms with Crippen LogP contribution in [0.5, 0.6) is 0 Å². The summed E-state index contributed by atoms with van der Waals surface area (Å²) in [6, 6.07) is 0. The van der Waals surface area contributed by atoms with Crippen molar-refractivity contribution in [2.75, 3.05) is 13.1 Å². The second-order valence-electron chi connectivity index (χ2n) is 5.42. The van der Waals surface area contributed by atoms with Crippen molar-refractivity contribution in [1.82, 2.24) is 4.90 Å². The van der Waals surface area contributed by atoms with Crippen molar-refractivity contribution in [3.05, 3.63) is 0 Å². The van der Waals surface area contributed by atoms with Crippen LogP contribution in [0.25, 0.3) is 0 Å². The van der Waals surface area contributed by atoms with Gasteiger partial charge >= 0.3 is 5.97 Å². The molecule has 5 heteroatoms. The van der Waals surface area contributed by atoms with Crippen LogP contribution >= 0.6 is 0 Å². The minimum absolute atomic E-state index is 0.00985. The predicted octanol–water partition coefficient (Wildman–Crippen LogP) is 1.12. The Morgan fingerprint density at radius 2 is 1.76 bits per heavy atom. The van der Waals surface area contributed by atoms with E-state index in [-0.39, 0.29) is 24.5 Å². The van der Waals surface area contributed by atoms with E-state index in [1.54, 1.807) is 18.7 Å². The Kier molecular flexibility index (Phi) is 4.14. The highest BCUT2D eigenvalue weighted by Gasteiger charge is 2.34. The van der Waals surface area contributed by atoms with Gasteiger partial charge in [0, 0.05) is 19.5 Å². The Labute approximate surface area is 102 Å². The molecule has 0 aliphatic carbocycles. The fourth-order valence-electron chi connectivity index (χ4n) is 1.95. The minimum atomic E-state index is -1.01. The smallest absolute Gasteiger partial charge is 0.309 e. The van der Waals surface area contributed by atoms with Crippen LogP contribution < -0.4 is 0 Å². The summed E-state index contributed by atoms with van der Waals surface area (Å²) in [6.45, 7) is 8.05. The highest BCUT2D eigenvalue weighted by Crippen LogP contribution is 2.23. The van der Waals surface area contributed by atoms with E-state index in [1.165, 1.54) is 0 Å². The Bertz CT molecular complexity index is 304. The molecule has 17 heavy (non-hydrogen) atoms. The van der Waals surface area contributed by atoms with Gasteiger partial charge in [-0.25, -0.2) is 0 Å². The van der Waals surface area contributed by atoms with Crippen LogP contribution in [0.2, 0.25) is 0 Å². The topological polar surface area (TPSA) is 66.8 Å². The molecule has 0 saturated carbocycles. The van der Waals surface area contributed by atoms with Gasteiger partial charge in [0.1, 0.15) is 0 Å². The standard InChI is InChI=1S/C12H21NO4/c1-8-6-13(7-9(2)17-8)10(14)5-12(3,4)11(15)16/h8-9H,5-7H2,1-4H3,(H,15,16)/t8-,9+. The van der Waals surface area contributed by atoms with Crippen molar-refractivity contribution < 1.29 is 19.4 Å². The Hall–Kier alpha value is -1.10. The molecule has 1 aliphatic rings. The number of hydrogen-bond acceptors (Lipinski definition) is 3. The van der Waals surface area contributed by atoms with Crippen molar-refractivity contribution in [2.45, 2.75) is 46.3 Å². The highest BCUT2D eigenvalue weighted by molar-refractivity contribution is 5.84. The summed E-state index contributed by atoms with van der Waals surface area (Å²) in [5.74, 6) is -1.06. The van der Waals surface area contributed by atoms with Gasteiger partial charge in [-0.1, -0.05) is 0 Å². The van der Waals surface area contributed by atoms with Gasteiger partial charge in [0.25, 0.3) is 0 Å². The maximum Gasteiger partial charge on any atom is 0.309 e. The summed E-state index contributed by atoms with van der Waals surface area (Å²) in [7, 11) is 0. The van der Waals surface area contributed by atoms with Crippen LogP contribution in [-0.4, -0.2) is 47.2 Å². The number of carbonyl (C=O) groups is 2. The van der Waals surface area contributed by atoms with E-state index < -0.39 is 11.4 Å². The quantitative estimate of drug-likeness (QED) is 0.806. The van der Waals surface area contributed by atoms with Gasteiger partial charge in [-0.3, -0.25) is 9.59 Å². The first-order valence-corrected chi connectivity index (χ1v) is 5.89. The van der Waals surface area contributed by atoms with E-state index in [9.17, 15) is 9.59 Å². The number of amides is 1. The number of ether oxygens (including phenoxy) is 1. The van der Waals surface area contributed by atoms with Gasteiger partial charge in [-0.15, -0.1) is 0 Å². The van der Waals surface area contributed by atoms with Crippen LogP contribution in [0, 0.1) is 5.41 Å². The Morgan fingerprint density at radius 1 is 1.29 bits per heavy atom. The van der Waals surface area contributed by atoms with Gasteiger partial charge in [-0.2, -0.15) is 0 Å². The molecule has 0 aromatic rings. The molecule has 1 fully saturated rings. The summed E-state index contributed by atoms with van der Waals surface area (Å²) in [4.78, 5) is 24.7. The number of rotatable bonds is 3. The van der Waals surface area contributed by atoms with Crippen LogP contribution in [0.1, 0.15) is 34.1 Å². The van der Waals surface area contributed by atoms with Crippen LogP contribution in [0.15, 0.2) is 0 Å². The normalized spacial score (nSPS) is 25.8. The van der Waals surface area contributed by atoms with E-state index >= 15 is 0 Å². The lowest BCUT2D eigenvalue weighted by atomic mass is 9.89. The third-order valence-electron chi connectivity index (χ3n) is 2.94. The van der Waals surface area contributed by atoms with Gasteiger partial charge in [0.05, 0.1) is 17.6 Å². The van der Waals surface area contributed by atoms with Crippen molar-refractivity contribution in [3.8, 4) is 0 Å². The number of carboxylic acid groups (broad SMARTS) is 1. The number of nitrogens with zero attached hydrogens (tertiary/aromatic N) is 1. The average Bonchev–Trinajstić information content (AvgIpc) is 2.15. The van der Waals surface area contributed by atoms with Crippen LogP contribution in [0.4, 0.5) is 0 Å². The number of aliphatic carboxylic acids is 1. The fourth-order valence-corrected chi connectivity index (χ4v) is 1.95. The van der Waals surface area contributed by atoms with E-state index in [2.05, 4.69) is 0 Å². The predicted molar refractivity (Wildman–Crippen MR) is 62.6 cm³/mol. The SMILES string of the molecule is C[C@@H]1CN(C(=O)CC(C)(C)C(=O)O)C[C@H](C)O1. The Morgan fingerprint density at radius 3 is 2.18 bits per heavy atom. The number of carbonyl (C=O) groups excluding carboxylic acids is 1. The summed E-state index contributed by atoms with van der Waals surface area (Å²) in [5.41, 5.74) is -1.01. The summed E-state index contributed by atoms with van der Waals surface area (Å²) in [5, 5.41) is 9.00. The monoisotopic (exact) mass is 243 g/mol. The summed E-state index contributed by atoms with van der Waals surface area (Å²) in [6.07, 6.45) is 0.0492. The first kappa shape index (κ1) is 14.0. The molecular formula is C12H21NO4. The molecule has 0 radical (unpaired) electrons. The molecule has 5 nitrogen and oxygen atoms in total. The van der Waals surface area contributed by atoms with Gasteiger partial charge in [0.2, 0.25) is 5.91 Å². The summed E-state index contributed by atoms with van der Waals surface area (Å²) < 4.78 is 5.53. The molecule has 0 aromatic carbocycles. The van der Waals surface area contributed by atoms with E-state index in [1.807, 2.05) is 13.8 Å². The molecule has 1 heterocycles. The lowest BCUT2D eigenvalue weighted by Crippen LogP contribution is -2.49. The van der Waals surface area contributed by atoms with Crippen LogP contribution in [-0.2, 0) is 14.3 Å². The lowest BCUT2D eigenvalue weighted by molar-refractivity contribution is -0.155. The molecule has 1 amide bonds. The molecule has 0 spiro atoms. The average molecular weight is 243 g/mol. The molecular weight excluding hydrogens is 222 g/mol. The fraction of sp³-hybridized carbons (Fsp3) is 0.833. The van der Waals surface area contributed by atoms with Crippen molar-refractivity contribution in [3.63, 3.8) is 0 Å². The minimum Gasteiger partial charge on any atom is -0.481 e. The first-order valence-electron chi connectivity index (χ1n) is 5.89. The second kappa shape index (κ2) is 5.04. The maximum atomic E-state index is 12.0. The third kappa shape index (κ3) is 3.70. The van der Waals surface area contributed by atoms with Crippen molar-refractivity contribution in [1.29, 1.82) is 0 Å². The zero-order valence-corrected chi connectivity index (χ0v) is 10.9. The second-order valence-corrected chi connectivity index (χ2v) is 5.42. The largest absolute Gasteiger partial charge is 0.481 e. The number of carboxylic acids is 1. The zero-order chi connectivity index (χ0) is 13.2. The summed E-state index contributed by atoms with van der Waals surface area (Å²) >= 11 is 0. The number of morpholine rings is 1. The van der Waals surface area contributed by atoms with E-state index in [0.717, 1.165) is 0 Å². The van der Waals surface area contributed by atoms with Gasteiger partial charge in [-0.05, 0) is 27.7 Å². The molecule has 1 rings (SSSR count). The lowest BCUT2D eigenvalue weighted by Gasteiger charge is -2.36.